The molecule has 0 bridgehead atoms. The number of amides is 1. The topological polar surface area (TPSA) is 98.9 Å². The van der Waals surface area contributed by atoms with E-state index in [1.807, 2.05) is 0 Å². The Morgan fingerprint density at radius 3 is 2.55 bits per heavy atom. The molecular formula is C23H17ClFN5O3. The fraction of sp³-hybridized carbons (Fsp3) is 0.0870. The van der Waals surface area contributed by atoms with Crippen LogP contribution in [0.25, 0.3) is 5.69 Å². The highest BCUT2D eigenvalue weighted by atomic mass is 35.5. The second-order valence-corrected chi connectivity index (χ2v) is 7.45. The molecule has 0 aliphatic rings. The third-order valence-corrected chi connectivity index (χ3v) is 5.01. The predicted octanol–water partition coefficient (Wildman–Crippen LogP) is 2.56. The Morgan fingerprint density at radius 2 is 1.82 bits per heavy atom. The van der Waals surface area contributed by atoms with Crippen LogP contribution in [0, 0.1) is 5.82 Å². The van der Waals surface area contributed by atoms with Gasteiger partial charge >= 0.3 is 5.69 Å². The summed E-state index contributed by atoms with van der Waals surface area (Å²) >= 11 is 6.04. The number of carbonyl (C=O) groups excluding carboxylic acids is 1. The van der Waals surface area contributed by atoms with Crippen LogP contribution in [0.5, 0.6) is 0 Å². The summed E-state index contributed by atoms with van der Waals surface area (Å²) in [6, 6.07) is 17.2. The molecule has 0 fully saturated rings. The van der Waals surface area contributed by atoms with E-state index in [1.165, 1.54) is 24.3 Å². The van der Waals surface area contributed by atoms with Crippen molar-refractivity contribution >= 4 is 17.5 Å². The largest absolute Gasteiger partial charge is 0.352 e. The third-order valence-electron chi connectivity index (χ3n) is 4.77. The maximum atomic E-state index is 14.2. The average molecular weight is 466 g/mol. The van der Waals surface area contributed by atoms with Crippen molar-refractivity contribution in [1.29, 1.82) is 0 Å². The van der Waals surface area contributed by atoms with Crippen LogP contribution in [0.4, 0.5) is 4.39 Å². The van der Waals surface area contributed by atoms with Crippen LogP contribution in [-0.2, 0) is 13.1 Å². The SMILES string of the molecule is O=C(NCc1ccccn1)c1nn(-c2cccc(Cl)c2)c(=O)n(Cc2ccccc2F)c1=O. The summed E-state index contributed by atoms with van der Waals surface area (Å²) in [5.74, 6) is -1.39. The van der Waals surface area contributed by atoms with E-state index < -0.39 is 28.7 Å². The number of nitrogens with zero attached hydrogens (tertiary/aromatic N) is 4. The second-order valence-electron chi connectivity index (χ2n) is 7.01. The van der Waals surface area contributed by atoms with E-state index in [4.69, 9.17) is 11.6 Å². The molecule has 0 aliphatic carbocycles. The zero-order chi connectivity index (χ0) is 23.4. The number of hydrogen-bond acceptors (Lipinski definition) is 5. The number of pyridine rings is 1. The number of carbonyl (C=O) groups is 1. The predicted molar refractivity (Wildman–Crippen MR) is 120 cm³/mol. The summed E-state index contributed by atoms with van der Waals surface area (Å²) in [5, 5.41) is 6.91. The van der Waals surface area contributed by atoms with E-state index in [-0.39, 0.29) is 24.3 Å². The molecule has 4 rings (SSSR count). The van der Waals surface area contributed by atoms with E-state index in [0.29, 0.717) is 10.7 Å². The van der Waals surface area contributed by atoms with Gasteiger partial charge in [-0.2, -0.15) is 9.78 Å². The van der Waals surface area contributed by atoms with Gasteiger partial charge in [0.2, 0.25) is 5.69 Å². The first-order chi connectivity index (χ1) is 15.9. The van der Waals surface area contributed by atoms with Crippen molar-refractivity contribution in [2.45, 2.75) is 13.1 Å². The van der Waals surface area contributed by atoms with Crippen LogP contribution in [0.15, 0.2) is 82.5 Å². The van der Waals surface area contributed by atoms with E-state index in [0.717, 1.165) is 9.25 Å². The van der Waals surface area contributed by atoms with Crippen molar-refractivity contribution in [2.24, 2.45) is 0 Å². The first-order valence-corrected chi connectivity index (χ1v) is 10.2. The molecule has 8 nitrogen and oxygen atoms in total. The minimum atomic E-state index is -0.944. The Balaban J connectivity index is 1.80. The summed E-state index contributed by atoms with van der Waals surface area (Å²) < 4.78 is 15.9. The molecule has 4 aromatic rings. The number of aromatic nitrogens is 4. The molecule has 0 aliphatic heterocycles. The van der Waals surface area contributed by atoms with E-state index >= 15 is 0 Å². The summed E-state index contributed by atoms with van der Waals surface area (Å²) in [5.41, 5.74) is -1.39. The van der Waals surface area contributed by atoms with Crippen molar-refractivity contribution in [2.75, 3.05) is 0 Å². The summed E-state index contributed by atoms with van der Waals surface area (Å²) in [6.07, 6.45) is 1.57. The van der Waals surface area contributed by atoms with Gasteiger partial charge in [0.05, 0.1) is 24.5 Å². The molecule has 166 valence electrons. The Bertz CT molecular complexity index is 1440. The lowest BCUT2D eigenvalue weighted by atomic mass is 10.2. The lowest BCUT2D eigenvalue weighted by molar-refractivity contribution is 0.0940. The molecule has 33 heavy (non-hydrogen) atoms. The summed E-state index contributed by atoms with van der Waals surface area (Å²) in [7, 11) is 0. The highest BCUT2D eigenvalue weighted by Gasteiger charge is 2.21. The van der Waals surface area contributed by atoms with Crippen LogP contribution in [0.1, 0.15) is 21.7 Å². The second kappa shape index (κ2) is 9.58. The Hall–Kier alpha value is -4.11. The van der Waals surface area contributed by atoms with Gasteiger partial charge in [-0.3, -0.25) is 19.1 Å². The molecule has 0 radical (unpaired) electrons. The Morgan fingerprint density at radius 1 is 1.03 bits per heavy atom. The van der Waals surface area contributed by atoms with Gasteiger partial charge in [-0.25, -0.2) is 9.18 Å². The third kappa shape index (κ3) is 4.88. The quantitative estimate of drug-likeness (QED) is 0.472. The van der Waals surface area contributed by atoms with Crippen LogP contribution in [0.2, 0.25) is 5.02 Å². The number of nitrogens with one attached hydrogen (secondary N) is 1. The van der Waals surface area contributed by atoms with Gasteiger partial charge in [0.1, 0.15) is 5.82 Å². The molecule has 2 aromatic carbocycles. The van der Waals surface area contributed by atoms with Crippen LogP contribution < -0.4 is 16.6 Å². The molecule has 1 amide bonds. The van der Waals surface area contributed by atoms with Crippen LogP contribution in [0.3, 0.4) is 0 Å². The maximum Gasteiger partial charge on any atom is 0.352 e. The number of halogens is 2. The van der Waals surface area contributed by atoms with Gasteiger partial charge in [-0.05, 0) is 36.4 Å². The molecule has 2 aromatic heterocycles. The van der Waals surface area contributed by atoms with E-state index in [9.17, 15) is 18.8 Å². The fourth-order valence-electron chi connectivity index (χ4n) is 3.13. The highest BCUT2D eigenvalue weighted by Crippen LogP contribution is 2.13. The molecule has 0 unspecified atom stereocenters. The van der Waals surface area contributed by atoms with E-state index in [1.54, 1.807) is 48.7 Å². The van der Waals surface area contributed by atoms with Crippen molar-refractivity contribution in [3.63, 3.8) is 0 Å². The van der Waals surface area contributed by atoms with Gasteiger partial charge < -0.3 is 5.32 Å². The lowest BCUT2D eigenvalue weighted by Gasteiger charge is -2.13. The molecule has 0 saturated heterocycles. The monoisotopic (exact) mass is 465 g/mol. The van der Waals surface area contributed by atoms with Crippen LogP contribution in [-0.4, -0.2) is 25.2 Å². The van der Waals surface area contributed by atoms with Gasteiger partial charge in [0.25, 0.3) is 11.5 Å². The van der Waals surface area contributed by atoms with Gasteiger partial charge in [0.15, 0.2) is 0 Å². The highest BCUT2D eigenvalue weighted by molar-refractivity contribution is 6.30. The first-order valence-electron chi connectivity index (χ1n) is 9.85. The van der Waals surface area contributed by atoms with Gasteiger partial charge in [0, 0.05) is 16.8 Å². The van der Waals surface area contributed by atoms with Crippen molar-refractivity contribution in [3.8, 4) is 5.69 Å². The number of hydrogen-bond donors (Lipinski definition) is 1. The van der Waals surface area contributed by atoms with Crippen LogP contribution >= 0.6 is 11.6 Å². The average Bonchev–Trinajstić information content (AvgIpc) is 2.82. The molecule has 0 atom stereocenters. The Kier molecular flexibility index (Phi) is 6.41. The zero-order valence-electron chi connectivity index (χ0n) is 17.1. The summed E-state index contributed by atoms with van der Waals surface area (Å²) in [4.78, 5) is 43.1. The van der Waals surface area contributed by atoms with Crippen molar-refractivity contribution in [1.82, 2.24) is 24.6 Å². The maximum absolute atomic E-state index is 14.2. The Labute approximate surface area is 191 Å². The zero-order valence-corrected chi connectivity index (χ0v) is 17.9. The minimum Gasteiger partial charge on any atom is -0.345 e. The molecular weight excluding hydrogens is 449 g/mol. The smallest absolute Gasteiger partial charge is 0.345 e. The molecule has 0 spiro atoms. The number of rotatable bonds is 6. The molecule has 1 N–H and O–H groups in total. The molecule has 10 heteroatoms. The normalized spacial score (nSPS) is 10.7. The van der Waals surface area contributed by atoms with Gasteiger partial charge in [-0.15, -0.1) is 0 Å². The lowest BCUT2D eigenvalue weighted by Crippen LogP contribution is -2.46. The van der Waals surface area contributed by atoms with Gasteiger partial charge in [-0.1, -0.05) is 41.9 Å². The first kappa shape index (κ1) is 22.1. The summed E-state index contributed by atoms with van der Waals surface area (Å²) in [6.45, 7) is -0.335. The minimum absolute atomic E-state index is 0.0460. The standard InChI is InChI=1S/C23H17ClFN5O3/c24-16-7-5-9-18(12-16)30-23(33)29(14-15-6-1-2-10-19(15)25)22(32)20(28-30)21(31)27-13-17-8-3-4-11-26-17/h1-12H,13-14H2,(H,27,31). The van der Waals surface area contributed by atoms with Crippen molar-refractivity contribution < 1.29 is 9.18 Å². The molecule has 2 heterocycles. The van der Waals surface area contributed by atoms with E-state index in [2.05, 4.69) is 15.4 Å². The van der Waals surface area contributed by atoms with Crippen molar-refractivity contribution in [3.05, 3.63) is 122 Å². The number of benzene rings is 2. The molecule has 0 saturated carbocycles. The fourth-order valence-corrected chi connectivity index (χ4v) is 3.31.